The Morgan fingerprint density at radius 2 is 1.87 bits per heavy atom. The number of anilines is 1. The Kier molecular flexibility index (Phi) is 8.65. The third-order valence-electron chi connectivity index (χ3n) is 8.79. The molecular weight excluding hydrogens is 595 g/mol. The van der Waals surface area contributed by atoms with E-state index in [0.717, 1.165) is 50.8 Å². The summed E-state index contributed by atoms with van der Waals surface area (Å²) in [6.07, 6.45) is 3.04. The fourth-order valence-corrected chi connectivity index (χ4v) is 6.39. The second-order valence-corrected chi connectivity index (χ2v) is 12.1. The average Bonchev–Trinajstić information content (AvgIpc) is 3.37. The Hall–Kier alpha value is -4.22. The molecule has 3 aliphatic rings. The molecule has 1 N–H and O–H groups in total. The second-order valence-electron chi connectivity index (χ2n) is 12.1. The summed E-state index contributed by atoms with van der Waals surface area (Å²) in [4.78, 5) is 20.3. The van der Waals surface area contributed by atoms with Crippen molar-refractivity contribution in [3.63, 3.8) is 0 Å². The molecule has 7 nitrogen and oxygen atoms in total. The Morgan fingerprint density at radius 3 is 2.60 bits per heavy atom. The van der Waals surface area contributed by atoms with Gasteiger partial charge in [0.1, 0.15) is 18.2 Å². The molecule has 2 aromatic heterocycles. The number of allylic oxidation sites excluding steroid dienone is 3. The van der Waals surface area contributed by atoms with Crippen molar-refractivity contribution in [2.75, 3.05) is 11.9 Å². The average molecular weight is 629 g/mol. The van der Waals surface area contributed by atoms with E-state index in [4.69, 9.17) is 9.47 Å². The molecule has 1 unspecified atom stereocenters. The summed E-state index contributed by atoms with van der Waals surface area (Å²) in [7, 11) is 0. The quantitative estimate of drug-likeness (QED) is 0.250. The van der Waals surface area contributed by atoms with Gasteiger partial charge in [-0.05, 0) is 67.7 Å². The normalized spacial score (nSPS) is 23.0. The topological polar surface area (TPSA) is 78.3 Å². The summed E-state index contributed by atoms with van der Waals surface area (Å²) < 4.78 is 80.9. The van der Waals surface area contributed by atoms with Crippen LogP contribution in [0.4, 0.5) is 27.8 Å². The van der Waals surface area contributed by atoms with Crippen LogP contribution >= 0.6 is 0 Å². The lowest BCUT2D eigenvalue weighted by Gasteiger charge is -2.37. The van der Waals surface area contributed by atoms with Gasteiger partial charge in [-0.25, -0.2) is 13.6 Å². The van der Waals surface area contributed by atoms with E-state index < -0.39 is 40.9 Å². The molecule has 6 rings (SSSR count). The van der Waals surface area contributed by atoms with Crippen LogP contribution in [0.25, 0.3) is 0 Å². The van der Waals surface area contributed by atoms with E-state index in [-0.39, 0.29) is 30.0 Å². The lowest BCUT2D eigenvalue weighted by molar-refractivity contribution is -0.137. The van der Waals surface area contributed by atoms with Gasteiger partial charge < -0.3 is 14.8 Å². The summed E-state index contributed by atoms with van der Waals surface area (Å²) in [5, 5.41) is 3.54. The number of rotatable bonds is 9. The number of nitrogens with one attached hydrogen (secondary N) is 1. The van der Waals surface area contributed by atoms with Crippen molar-refractivity contribution < 1.29 is 31.4 Å². The molecule has 12 heteroatoms. The molecule has 1 aromatic carbocycles. The lowest BCUT2D eigenvalue weighted by Crippen LogP contribution is -2.41. The molecule has 238 valence electrons. The molecule has 2 aliphatic carbocycles. The number of hydrogen-bond acceptors (Lipinski definition) is 6. The number of hydrogen-bond donors (Lipinski definition) is 1. The monoisotopic (exact) mass is 628 g/mol. The maximum absolute atomic E-state index is 14.9. The number of halogens is 5. The van der Waals surface area contributed by atoms with Crippen LogP contribution in [0.5, 0.6) is 11.6 Å². The predicted molar refractivity (Wildman–Crippen MR) is 157 cm³/mol. The predicted octanol–water partition coefficient (Wildman–Crippen LogP) is 7.34. The summed E-state index contributed by atoms with van der Waals surface area (Å²) >= 11 is 0. The molecule has 45 heavy (non-hydrogen) atoms. The maximum Gasteiger partial charge on any atom is 0.418 e. The molecule has 3 aromatic rings. The Balaban J connectivity index is 1.04. The van der Waals surface area contributed by atoms with E-state index >= 15 is 0 Å². The first-order valence-corrected chi connectivity index (χ1v) is 15.1. The summed E-state index contributed by atoms with van der Waals surface area (Å²) in [5.41, 5.74) is -0.188. The number of fused-ring (bicyclic) bond motifs is 1. The third-order valence-corrected chi connectivity index (χ3v) is 8.79. The van der Waals surface area contributed by atoms with Gasteiger partial charge >= 0.3 is 11.9 Å². The van der Waals surface area contributed by atoms with Crippen LogP contribution in [0.3, 0.4) is 0 Å². The fraction of sp³-hybridized carbons (Fsp3) is 0.424. The highest BCUT2D eigenvalue weighted by molar-refractivity contribution is 5.46. The van der Waals surface area contributed by atoms with E-state index in [0.29, 0.717) is 30.5 Å². The third kappa shape index (κ3) is 7.20. The van der Waals surface area contributed by atoms with E-state index in [1.165, 1.54) is 12.0 Å². The molecule has 3 heterocycles. The van der Waals surface area contributed by atoms with Gasteiger partial charge in [0, 0.05) is 18.7 Å². The molecule has 0 bridgehead atoms. The highest BCUT2D eigenvalue weighted by Crippen LogP contribution is 2.41. The minimum atomic E-state index is -4.68. The molecule has 1 spiro atoms. The second kappa shape index (κ2) is 12.6. The van der Waals surface area contributed by atoms with Crippen LogP contribution in [-0.4, -0.2) is 32.9 Å². The highest BCUT2D eigenvalue weighted by Gasteiger charge is 2.41. The van der Waals surface area contributed by atoms with E-state index in [2.05, 4.69) is 39.6 Å². The van der Waals surface area contributed by atoms with Crippen molar-refractivity contribution in [2.24, 2.45) is 5.92 Å². The Labute approximate surface area is 256 Å². The van der Waals surface area contributed by atoms with Gasteiger partial charge in [-0.15, -0.1) is 0 Å². The number of ether oxygens (including phenoxy) is 2. The summed E-state index contributed by atoms with van der Waals surface area (Å²) in [6, 6.07) is 12.7. The zero-order chi connectivity index (χ0) is 31.6. The van der Waals surface area contributed by atoms with Crippen LogP contribution in [0.2, 0.25) is 0 Å². The first-order chi connectivity index (χ1) is 21.6. The van der Waals surface area contributed by atoms with E-state index in [1.54, 1.807) is 10.6 Å². The molecule has 0 radical (unpaired) electrons. The van der Waals surface area contributed by atoms with Gasteiger partial charge in [0.05, 0.1) is 23.8 Å². The summed E-state index contributed by atoms with van der Waals surface area (Å²) in [6.45, 7) is 0.290. The van der Waals surface area contributed by atoms with Crippen LogP contribution < -0.4 is 20.5 Å². The van der Waals surface area contributed by atoms with Crippen LogP contribution in [0.15, 0.2) is 82.9 Å². The lowest BCUT2D eigenvalue weighted by atomic mass is 9.75. The maximum atomic E-state index is 14.9. The number of pyridine rings is 1. The number of nitrogens with zero attached hydrogens (tertiary/aromatic N) is 3. The smallest absolute Gasteiger partial charge is 0.418 e. The Morgan fingerprint density at radius 1 is 1.09 bits per heavy atom. The summed E-state index contributed by atoms with van der Waals surface area (Å²) in [5.74, 6) is -0.965. The van der Waals surface area contributed by atoms with Crippen molar-refractivity contribution in [3.8, 4) is 11.6 Å². The van der Waals surface area contributed by atoms with Gasteiger partial charge in [0.25, 0.3) is 0 Å². The number of benzene rings is 1. The number of aromatic nitrogens is 3. The van der Waals surface area contributed by atoms with Gasteiger partial charge in [0.2, 0.25) is 5.88 Å². The molecule has 0 saturated heterocycles. The molecule has 0 amide bonds. The largest absolute Gasteiger partial charge is 0.473 e. The zero-order valence-corrected chi connectivity index (χ0v) is 24.5. The first kappa shape index (κ1) is 30.8. The van der Waals surface area contributed by atoms with Gasteiger partial charge in [-0.2, -0.15) is 18.2 Å². The SMILES string of the molecule is O=c1nc(OCC2=CC(F)=C(Oc3cncc(C(F)(F)F)c3)C(F)C2)cc2n1CC1(CCC(CCCc3ccccc3)CC1)N2. The van der Waals surface area contributed by atoms with Crippen LogP contribution in [0.1, 0.15) is 56.1 Å². The van der Waals surface area contributed by atoms with Crippen molar-refractivity contribution >= 4 is 5.82 Å². The van der Waals surface area contributed by atoms with Crippen molar-refractivity contribution in [3.05, 3.63) is 99.7 Å². The van der Waals surface area contributed by atoms with E-state index in [1.807, 2.05) is 6.07 Å². The van der Waals surface area contributed by atoms with Gasteiger partial charge in [-0.1, -0.05) is 36.8 Å². The number of aryl methyl sites for hydroxylation is 1. The van der Waals surface area contributed by atoms with Crippen molar-refractivity contribution in [1.82, 2.24) is 14.5 Å². The van der Waals surface area contributed by atoms with Gasteiger partial charge in [-0.3, -0.25) is 9.55 Å². The molecule has 1 aliphatic heterocycles. The van der Waals surface area contributed by atoms with Crippen LogP contribution in [0, 0.1) is 5.92 Å². The molecule has 1 saturated carbocycles. The first-order valence-electron chi connectivity index (χ1n) is 15.1. The molecule has 1 fully saturated rings. The van der Waals surface area contributed by atoms with Gasteiger partial charge in [0.15, 0.2) is 17.8 Å². The standard InChI is InChI=1S/C33H33F5N4O3/c34-26-13-23(14-27(35)30(26)45-25-15-24(17-39-18-25)33(36,37)38)19-44-29-16-28-41-32(20-42(28)31(43)40-29)11-9-22(10-12-32)8-4-7-21-5-2-1-3-6-21/h1-3,5-6,13,15-18,22,27,41H,4,7-12,14,19-20H2. The van der Waals surface area contributed by atoms with Crippen molar-refractivity contribution in [2.45, 2.75) is 75.8 Å². The molecule has 1 atom stereocenters. The van der Waals surface area contributed by atoms with E-state index in [9.17, 15) is 26.7 Å². The minimum absolute atomic E-state index is 0.0307. The molecular formula is C33H33F5N4O3. The Bertz CT molecular complexity index is 1650. The minimum Gasteiger partial charge on any atom is -0.473 e. The fourth-order valence-electron chi connectivity index (χ4n) is 6.39. The van der Waals surface area contributed by atoms with Crippen molar-refractivity contribution in [1.29, 1.82) is 0 Å². The number of alkyl halides is 4. The highest BCUT2D eigenvalue weighted by atomic mass is 19.4. The zero-order valence-electron chi connectivity index (χ0n) is 24.5. The van der Waals surface area contributed by atoms with Crippen LogP contribution in [-0.2, 0) is 19.1 Å².